The number of thiophene rings is 1. The summed E-state index contributed by atoms with van der Waals surface area (Å²) in [5, 5.41) is 3.44. The Morgan fingerprint density at radius 3 is 1.87 bits per heavy atom. The molecule has 0 unspecified atom stereocenters. The van der Waals surface area contributed by atoms with Crippen molar-refractivity contribution in [1.29, 1.82) is 0 Å². The molecule has 3 aromatic carbocycles. The molecule has 2 nitrogen and oxygen atoms in total. The molecule has 2 aromatic heterocycles. The van der Waals surface area contributed by atoms with Crippen molar-refractivity contribution in [3.05, 3.63) is 123 Å². The molecule has 0 amide bonds. The monoisotopic (exact) mass is 461 g/mol. The zero-order chi connectivity index (χ0) is 21.2. The highest BCUT2D eigenvalue weighted by Crippen LogP contribution is 2.41. The summed E-state index contributed by atoms with van der Waals surface area (Å²) in [4.78, 5) is 6.05. The maximum atomic E-state index is 6.36. The summed E-state index contributed by atoms with van der Waals surface area (Å²) in [5.41, 5.74) is 3.97. The molecule has 0 bridgehead atoms. The van der Waals surface area contributed by atoms with Crippen LogP contribution in [0.2, 0.25) is 10.0 Å². The molecule has 5 heteroatoms. The molecule has 0 aliphatic rings. The second-order valence-electron chi connectivity index (χ2n) is 7.11. The van der Waals surface area contributed by atoms with Crippen LogP contribution >= 0.6 is 34.5 Å². The molecular formula is C26H17Cl2NOS. The number of oxazole rings is 1. The third-order valence-corrected chi connectivity index (χ3v) is 6.47. The number of aromatic nitrogens is 1. The number of hydrogen-bond acceptors (Lipinski definition) is 3. The molecule has 0 spiro atoms. The number of halogens is 2. The Morgan fingerprint density at radius 2 is 1.32 bits per heavy atom. The fourth-order valence-corrected chi connectivity index (χ4v) is 4.60. The first-order valence-corrected chi connectivity index (χ1v) is 11.4. The molecule has 2 heterocycles. The van der Waals surface area contributed by atoms with E-state index in [9.17, 15) is 0 Å². The highest BCUT2D eigenvalue weighted by molar-refractivity contribution is 7.13. The lowest BCUT2D eigenvalue weighted by molar-refractivity contribution is 0.588. The second-order valence-corrected chi connectivity index (χ2v) is 8.93. The summed E-state index contributed by atoms with van der Waals surface area (Å²) in [5.74, 6) is 1.25. The van der Waals surface area contributed by atoms with Gasteiger partial charge in [0.1, 0.15) is 5.69 Å². The average Bonchev–Trinajstić information content (AvgIpc) is 3.47. The number of nitrogens with zero attached hydrogens (tertiary/aromatic N) is 1. The van der Waals surface area contributed by atoms with Crippen molar-refractivity contribution in [1.82, 2.24) is 4.98 Å². The van der Waals surface area contributed by atoms with Gasteiger partial charge in [0, 0.05) is 15.6 Å². The van der Waals surface area contributed by atoms with Gasteiger partial charge in [-0.3, -0.25) is 0 Å². The van der Waals surface area contributed by atoms with Crippen LogP contribution < -0.4 is 0 Å². The lowest BCUT2D eigenvalue weighted by Crippen LogP contribution is -2.05. The van der Waals surface area contributed by atoms with Crippen LogP contribution in [0.15, 0.2) is 101 Å². The molecule has 5 rings (SSSR count). The Bertz CT molecular complexity index is 1230. The van der Waals surface area contributed by atoms with E-state index >= 15 is 0 Å². The highest BCUT2D eigenvalue weighted by Gasteiger charge is 2.27. The molecule has 0 radical (unpaired) electrons. The fourth-order valence-electron chi connectivity index (χ4n) is 3.63. The van der Waals surface area contributed by atoms with Crippen LogP contribution in [0.5, 0.6) is 0 Å². The van der Waals surface area contributed by atoms with Crippen LogP contribution in [0.1, 0.15) is 22.7 Å². The topological polar surface area (TPSA) is 26.0 Å². The SMILES string of the molecule is Clc1ccc(C(c2ccc(Cl)cc2)c2nc(-c3ccccc3)oc2-c2cccs2)cc1. The minimum atomic E-state index is -0.132. The molecule has 0 saturated carbocycles. The van der Waals surface area contributed by atoms with Gasteiger partial charge in [-0.05, 0) is 59.0 Å². The van der Waals surface area contributed by atoms with E-state index < -0.39 is 0 Å². The van der Waals surface area contributed by atoms with Gasteiger partial charge in [0.2, 0.25) is 5.89 Å². The van der Waals surface area contributed by atoms with E-state index in [-0.39, 0.29) is 5.92 Å². The Hall–Kier alpha value is -2.85. The second kappa shape index (κ2) is 8.72. The van der Waals surface area contributed by atoms with Crippen LogP contribution in [-0.4, -0.2) is 4.98 Å². The van der Waals surface area contributed by atoms with Crippen LogP contribution in [0.4, 0.5) is 0 Å². The lowest BCUT2D eigenvalue weighted by atomic mass is 9.87. The molecular weight excluding hydrogens is 445 g/mol. The van der Waals surface area contributed by atoms with E-state index in [0.717, 1.165) is 33.0 Å². The van der Waals surface area contributed by atoms with Gasteiger partial charge in [0.15, 0.2) is 5.76 Å². The van der Waals surface area contributed by atoms with Crippen molar-refractivity contribution in [3.63, 3.8) is 0 Å². The largest absolute Gasteiger partial charge is 0.435 e. The summed E-state index contributed by atoms with van der Waals surface area (Å²) in [7, 11) is 0. The first kappa shape index (κ1) is 20.1. The fraction of sp³-hybridized carbons (Fsp3) is 0.0385. The van der Waals surface area contributed by atoms with Crippen molar-refractivity contribution in [2.45, 2.75) is 5.92 Å². The molecule has 0 N–H and O–H groups in total. The first-order valence-electron chi connectivity index (χ1n) is 9.80. The molecule has 0 aliphatic heterocycles. The van der Waals surface area contributed by atoms with E-state index in [0.29, 0.717) is 15.9 Å². The van der Waals surface area contributed by atoms with Gasteiger partial charge in [-0.15, -0.1) is 11.3 Å². The Balaban J connectivity index is 1.74. The molecule has 31 heavy (non-hydrogen) atoms. The van der Waals surface area contributed by atoms with Gasteiger partial charge in [0.25, 0.3) is 0 Å². The Morgan fingerprint density at radius 1 is 0.710 bits per heavy atom. The van der Waals surface area contributed by atoms with Crippen molar-refractivity contribution < 1.29 is 4.42 Å². The quantitative estimate of drug-likeness (QED) is 0.262. The van der Waals surface area contributed by atoms with Gasteiger partial charge >= 0.3 is 0 Å². The van der Waals surface area contributed by atoms with Gasteiger partial charge < -0.3 is 4.42 Å². The molecule has 0 saturated heterocycles. The average molecular weight is 462 g/mol. The normalized spacial score (nSPS) is 11.2. The summed E-state index contributed by atoms with van der Waals surface area (Å²) in [6.07, 6.45) is 0. The van der Waals surface area contributed by atoms with E-state index in [2.05, 4.69) is 6.07 Å². The summed E-state index contributed by atoms with van der Waals surface area (Å²) < 4.78 is 6.36. The molecule has 5 aromatic rings. The van der Waals surface area contributed by atoms with E-state index in [4.69, 9.17) is 32.6 Å². The zero-order valence-electron chi connectivity index (χ0n) is 16.3. The molecule has 152 valence electrons. The van der Waals surface area contributed by atoms with E-state index in [1.165, 1.54) is 0 Å². The third kappa shape index (κ3) is 4.17. The smallest absolute Gasteiger partial charge is 0.227 e. The van der Waals surface area contributed by atoms with E-state index in [1.54, 1.807) is 11.3 Å². The van der Waals surface area contributed by atoms with Gasteiger partial charge in [-0.1, -0.05) is 71.7 Å². The minimum Gasteiger partial charge on any atom is -0.435 e. The Labute approximate surface area is 194 Å². The predicted molar refractivity (Wildman–Crippen MR) is 129 cm³/mol. The third-order valence-electron chi connectivity index (χ3n) is 5.10. The number of rotatable bonds is 5. The molecule has 0 atom stereocenters. The van der Waals surface area contributed by atoms with Crippen LogP contribution in [0.3, 0.4) is 0 Å². The van der Waals surface area contributed by atoms with Crippen LogP contribution in [-0.2, 0) is 0 Å². The summed E-state index contributed by atoms with van der Waals surface area (Å²) in [6, 6.07) is 29.8. The van der Waals surface area contributed by atoms with Gasteiger partial charge in [-0.2, -0.15) is 0 Å². The highest BCUT2D eigenvalue weighted by atomic mass is 35.5. The summed E-state index contributed by atoms with van der Waals surface area (Å²) in [6.45, 7) is 0. The van der Waals surface area contributed by atoms with Gasteiger partial charge in [-0.25, -0.2) is 4.98 Å². The summed E-state index contributed by atoms with van der Waals surface area (Å²) >= 11 is 14.0. The van der Waals surface area contributed by atoms with Gasteiger partial charge in [0.05, 0.1) is 10.8 Å². The van der Waals surface area contributed by atoms with Crippen LogP contribution in [0, 0.1) is 0 Å². The van der Waals surface area contributed by atoms with Crippen molar-refractivity contribution >= 4 is 34.5 Å². The standard InChI is InChI=1S/C26H17Cl2NOS/c27-20-12-8-17(9-13-20)23(18-10-14-21(28)15-11-18)24-25(22-7-4-16-31-22)30-26(29-24)19-5-2-1-3-6-19/h1-16,23H. The zero-order valence-corrected chi connectivity index (χ0v) is 18.7. The van der Waals surface area contributed by atoms with E-state index in [1.807, 2.05) is 90.3 Å². The van der Waals surface area contributed by atoms with Crippen molar-refractivity contribution in [2.24, 2.45) is 0 Å². The molecule has 0 aliphatic carbocycles. The first-order chi connectivity index (χ1) is 15.2. The number of hydrogen-bond donors (Lipinski definition) is 0. The molecule has 0 fully saturated rings. The maximum absolute atomic E-state index is 6.36. The van der Waals surface area contributed by atoms with Crippen LogP contribution in [0.25, 0.3) is 22.1 Å². The maximum Gasteiger partial charge on any atom is 0.227 e. The minimum absolute atomic E-state index is 0.132. The number of benzene rings is 3. The van der Waals surface area contributed by atoms with Crippen molar-refractivity contribution in [3.8, 4) is 22.1 Å². The Kier molecular flexibility index (Phi) is 5.65. The lowest BCUT2D eigenvalue weighted by Gasteiger charge is -2.17. The predicted octanol–water partition coefficient (Wildman–Crippen LogP) is 8.56. The van der Waals surface area contributed by atoms with Crippen molar-refractivity contribution in [2.75, 3.05) is 0 Å².